The Hall–Kier alpha value is -1.07. The number of ether oxygens (including phenoxy) is 2. The average molecular weight is 294 g/mol. The van der Waals surface area contributed by atoms with E-state index in [1.54, 1.807) is 0 Å². The molecule has 1 aliphatic heterocycles. The van der Waals surface area contributed by atoms with Gasteiger partial charge in [-0.15, -0.1) is 0 Å². The summed E-state index contributed by atoms with van der Waals surface area (Å²) < 4.78 is 9.59. The van der Waals surface area contributed by atoms with Crippen LogP contribution >= 0.6 is 0 Å². The van der Waals surface area contributed by atoms with Crippen LogP contribution in [0.5, 0.6) is 0 Å². The van der Waals surface area contributed by atoms with E-state index >= 15 is 0 Å². The van der Waals surface area contributed by atoms with Crippen molar-refractivity contribution in [2.75, 3.05) is 19.8 Å². The maximum atomic E-state index is 10.7. The Kier molecular flexibility index (Phi) is 7.02. The highest BCUT2D eigenvalue weighted by Gasteiger charge is 2.44. The fourth-order valence-electron chi connectivity index (χ4n) is 1.50. The molecule has 1 aliphatic rings. The molecule has 1 heterocycles. The quantitative estimate of drug-likeness (QED) is 0.132. The fraction of sp³-hybridized carbons (Fsp3) is 0.727. The van der Waals surface area contributed by atoms with Crippen molar-refractivity contribution in [3.8, 4) is 0 Å². The Morgan fingerprint density at radius 1 is 1.20 bits per heavy atom. The normalized spacial score (nSPS) is 33.7. The standard InChI is InChI=1S/C11H18O9/c1-2-7(13)17-3-4-18-20-11-10(16)9(15)8(14)6(5-12)19-11/h2,6,8-12,14-16H,1,3-5H2/t6?,8-,9?,10?,11+/m1/s1. The van der Waals surface area contributed by atoms with Crippen LogP contribution in [0.3, 0.4) is 0 Å². The van der Waals surface area contributed by atoms with Crippen molar-refractivity contribution >= 4 is 5.97 Å². The van der Waals surface area contributed by atoms with Gasteiger partial charge < -0.3 is 29.9 Å². The van der Waals surface area contributed by atoms with E-state index in [1.165, 1.54) is 0 Å². The van der Waals surface area contributed by atoms with Gasteiger partial charge in [-0.1, -0.05) is 6.58 Å². The van der Waals surface area contributed by atoms with E-state index in [0.717, 1.165) is 6.08 Å². The molecule has 1 rings (SSSR count). The Labute approximate surface area is 114 Å². The van der Waals surface area contributed by atoms with E-state index in [4.69, 9.17) is 9.84 Å². The summed E-state index contributed by atoms with van der Waals surface area (Å²) in [4.78, 5) is 20.0. The molecular formula is C11H18O9. The van der Waals surface area contributed by atoms with Crippen molar-refractivity contribution in [1.82, 2.24) is 0 Å². The molecule has 4 N–H and O–H groups in total. The third-order valence-corrected chi connectivity index (χ3v) is 2.59. The van der Waals surface area contributed by atoms with Gasteiger partial charge in [-0.25, -0.2) is 14.6 Å². The molecule has 9 nitrogen and oxygen atoms in total. The lowest BCUT2D eigenvalue weighted by atomic mass is 9.99. The second kappa shape index (κ2) is 8.27. The minimum absolute atomic E-state index is 0.109. The molecule has 1 fully saturated rings. The molecule has 0 aliphatic carbocycles. The lowest BCUT2D eigenvalue weighted by Gasteiger charge is -2.38. The van der Waals surface area contributed by atoms with Crippen molar-refractivity contribution < 1.29 is 44.5 Å². The molecule has 0 spiro atoms. The van der Waals surface area contributed by atoms with E-state index in [-0.39, 0.29) is 13.2 Å². The summed E-state index contributed by atoms with van der Waals surface area (Å²) in [5, 5.41) is 37.5. The van der Waals surface area contributed by atoms with Crippen molar-refractivity contribution in [3.63, 3.8) is 0 Å². The summed E-state index contributed by atoms with van der Waals surface area (Å²) in [5.41, 5.74) is 0. The van der Waals surface area contributed by atoms with Gasteiger partial charge in [0.05, 0.1) is 6.61 Å². The van der Waals surface area contributed by atoms with Crippen molar-refractivity contribution in [1.29, 1.82) is 0 Å². The largest absolute Gasteiger partial charge is 0.460 e. The van der Waals surface area contributed by atoms with Gasteiger partial charge in [0.1, 0.15) is 37.6 Å². The number of hydrogen-bond acceptors (Lipinski definition) is 9. The van der Waals surface area contributed by atoms with Crippen LogP contribution in [0.15, 0.2) is 12.7 Å². The number of hydrogen-bond donors (Lipinski definition) is 4. The van der Waals surface area contributed by atoms with E-state index in [1.807, 2.05) is 0 Å². The predicted molar refractivity (Wildman–Crippen MR) is 62.0 cm³/mol. The zero-order valence-electron chi connectivity index (χ0n) is 10.6. The van der Waals surface area contributed by atoms with Gasteiger partial charge in [0.15, 0.2) is 0 Å². The van der Waals surface area contributed by atoms with E-state index in [2.05, 4.69) is 21.1 Å². The highest BCUT2D eigenvalue weighted by Crippen LogP contribution is 2.21. The molecule has 1 saturated heterocycles. The van der Waals surface area contributed by atoms with Crippen molar-refractivity contribution in [2.45, 2.75) is 30.7 Å². The summed E-state index contributed by atoms with van der Waals surface area (Å²) >= 11 is 0. The summed E-state index contributed by atoms with van der Waals surface area (Å²) in [6.45, 7) is 2.38. The number of esters is 1. The number of carbonyl (C=O) groups is 1. The Bertz CT molecular complexity index is 319. The topological polar surface area (TPSA) is 135 Å². The molecule has 3 unspecified atom stereocenters. The first-order valence-electron chi connectivity index (χ1n) is 5.89. The van der Waals surface area contributed by atoms with Gasteiger partial charge in [0, 0.05) is 6.08 Å². The molecule has 0 radical (unpaired) electrons. The highest BCUT2D eigenvalue weighted by atomic mass is 17.2. The molecule has 0 aromatic heterocycles. The third-order valence-electron chi connectivity index (χ3n) is 2.59. The van der Waals surface area contributed by atoms with Crippen molar-refractivity contribution in [3.05, 3.63) is 12.7 Å². The first-order valence-corrected chi connectivity index (χ1v) is 5.89. The second-order valence-electron chi connectivity index (χ2n) is 3.99. The van der Waals surface area contributed by atoms with Gasteiger partial charge in [-0.3, -0.25) is 0 Å². The van der Waals surface area contributed by atoms with Gasteiger partial charge in [-0.05, 0) is 0 Å². The molecule has 0 amide bonds. The van der Waals surface area contributed by atoms with Crippen LogP contribution in [0.1, 0.15) is 0 Å². The fourth-order valence-corrected chi connectivity index (χ4v) is 1.50. The Morgan fingerprint density at radius 2 is 1.90 bits per heavy atom. The monoisotopic (exact) mass is 294 g/mol. The van der Waals surface area contributed by atoms with Gasteiger partial charge in [-0.2, -0.15) is 0 Å². The smallest absolute Gasteiger partial charge is 0.330 e. The molecule has 9 heteroatoms. The number of rotatable bonds is 7. The predicted octanol–water partition coefficient (Wildman–Crippen LogP) is -2.54. The van der Waals surface area contributed by atoms with E-state index in [9.17, 15) is 20.1 Å². The van der Waals surface area contributed by atoms with Crippen LogP contribution in [-0.4, -0.2) is 76.9 Å². The molecule has 0 saturated carbocycles. The summed E-state index contributed by atoms with van der Waals surface area (Å²) in [5.74, 6) is -0.624. The minimum Gasteiger partial charge on any atom is -0.460 e. The zero-order valence-corrected chi connectivity index (χ0v) is 10.6. The van der Waals surface area contributed by atoms with Gasteiger partial charge >= 0.3 is 5.97 Å². The number of carbonyl (C=O) groups excluding carboxylic acids is 1. The molecule has 5 atom stereocenters. The van der Waals surface area contributed by atoms with Gasteiger partial charge in [0.2, 0.25) is 6.29 Å². The second-order valence-corrected chi connectivity index (χ2v) is 3.99. The highest BCUT2D eigenvalue weighted by molar-refractivity contribution is 5.81. The van der Waals surface area contributed by atoms with Crippen LogP contribution < -0.4 is 0 Å². The molecular weight excluding hydrogens is 276 g/mol. The molecule has 20 heavy (non-hydrogen) atoms. The minimum atomic E-state index is -1.55. The molecule has 0 bridgehead atoms. The van der Waals surface area contributed by atoms with Crippen LogP contribution in [0.2, 0.25) is 0 Å². The summed E-state index contributed by atoms with van der Waals surface area (Å²) in [6, 6.07) is 0. The van der Waals surface area contributed by atoms with Gasteiger partial charge in [0.25, 0.3) is 0 Å². The van der Waals surface area contributed by atoms with Crippen LogP contribution in [0.4, 0.5) is 0 Å². The van der Waals surface area contributed by atoms with E-state index < -0.39 is 43.3 Å². The third kappa shape index (κ3) is 4.49. The van der Waals surface area contributed by atoms with E-state index in [0.29, 0.717) is 0 Å². The van der Waals surface area contributed by atoms with Crippen LogP contribution in [0, 0.1) is 0 Å². The summed E-state index contributed by atoms with van der Waals surface area (Å²) in [6.07, 6.45) is -6.06. The average Bonchev–Trinajstić information content (AvgIpc) is 2.46. The summed E-state index contributed by atoms with van der Waals surface area (Å²) in [7, 11) is 0. The number of aliphatic hydroxyl groups is 4. The lowest BCUT2D eigenvalue weighted by molar-refractivity contribution is -0.426. The zero-order chi connectivity index (χ0) is 15.1. The Morgan fingerprint density at radius 3 is 2.50 bits per heavy atom. The van der Waals surface area contributed by atoms with Crippen molar-refractivity contribution in [2.24, 2.45) is 0 Å². The van der Waals surface area contributed by atoms with Crippen LogP contribution in [-0.2, 0) is 24.0 Å². The SMILES string of the molecule is C=CC(=O)OCCOO[C@@H]1OC(CO)[C@@H](O)C(O)C1O. The van der Waals surface area contributed by atoms with Crippen LogP contribution in [0.25, 0.3) is 0 Å². The first kappa shape index (κ1) is 17.0. The molecule has 116 valence electrons. The maximum Gasteiger partial charge on any atom is 0.330 e. The maximum absolute atomic E-state index is 10.7. The molecule has 0 aromatic rings. The Balaban J connectivity index is 2.31. The first-order chi connectivity index (χ1) is 9.51. The molecule has 0 aromatic carbocycles. The lowest BCUT2D eigenvalue weighted by Crippen LogP contribution is -2.59. The number of aliphatic hydroxyl groups excluding tert-OH is 4.